The van der Waals surface area contributed by atoms with Crippen LogP contribution in [-0.2, 0) is 21.8 Å². The van der Waals surface area contributed by atoms with Gasteiger partial charge in [-0.2, -0.15) is 0 Å². The molecule has 1 atom stereocenters. The van der Waals surface area contributed by atoms with Crippen LogP contribution < -0.4 is 10.2 Å². The third kappa shape index (κ3) is 4.23. The second-order valence-corrected chi connectivity index (χ2v) is 7.52. The number of fused-ring (bicyclic) bond motifs is 1. The minimum Gasteiger partial charge on any atom is -0.325 e. The fraction of sp³-hybridized carbons (Fsp3) is 0.300. The topological polar surface area (TPSA) is 49.4 Å². The van der Waals surface area contributed by atoms with Gasteiger partial charge < -0.3 is 10.2 Å². The molecular weight excluding hydrogens is 332 g/mol. The van der Waals surface area contributed by atoms with Crippen LogP contribution in [0.2, 0.25) is 0 Å². The van der Waals surface area contributed by atoms with Gasteiger partial charge in [0.05, 0.1) is 5.25 Å². The molecule has 0 saturated carbocycles. The Morgan fingerprint density at radius 1 is 1.20 bits per heavy atom. The molecular formula is C20H22N2O2S. The van der Waals surface area contributed by atoms with Crippen molar-refractivity contribution in [2.75, 3.05) is 16.8 Å². The summed E-state index contributed by atoms with van der Waals surface area (Å²) in [6, 6.07) is 15.9. The summed E-state index contributed by atoms with van der Waals surface area (Å²) in [7, 11) is 0. The molecule has 0 aromatic heterocycles. The molecule has 0 unspecified atom stereocenters. The van der Waals surface area contributed by atoms with Gasteiger partial charge in [-0.15, -0.1) is 11.8 Å². The van der Waals surface area contributed by atoms with Crippen LogP contribution in [0.15, 0.2) is 48.5 Å². The number of hydrogen-bond donors (Lipinski definition) is 1. The first kappa shape index (κ1) is 17.5. The van der Waals surface area contributed by atoms with E-state index in [0.29, 0.717) is 6.54 Å². The minimum absolute atomic E-state index is 0.00213. The number of benzene rings is 2. The average Bonchev–Trinajstić information content (AvgIpc) is 3.04. The number of carbonyl (C=O) groups is 2. The smallest absolute Gasteiger partial charge is 0.237 e. The molecule has 2 amide bonds. The van der Waals surface area contributed by atoms with Crippen molar-refractivity contribution in [2.45, 2.75) is 31.3 Å². The van der Waals surface area contributed by atoms with E-state index in [1.54, 1.807) is 23.6 Å². The molecule has 4 nitrogen and oxygen atoms in total. The third-order valence-electron chi connectivity index (χ3n) is 4.33. The molecule has 1 N–H and O–H groups in total. The van der Waals surface area contributed by atoms with E-state index in [1.807, 2.05) is 43.3 Å². The van der Waals surface area contributed by atoms with Gasteiger partial charge in [0.1, 0.15) is 0 Å². The third-order valence-corrected chi connectivity index (χ3v) is 5.55. The highest BCUT2D eigenvalue weighted by atomic mass is 32.2. The lowest BCUT2D eigenvalue weighted by Gasteiger charge is -2.16. The molecule has 1 aliphatic heterocycles. The van der Waals surface area contributed by atoms with Crippen LogP contribution in [0.4, 0.5) is 11.4 Å². The van der Waals surface area contributed by atoms with Crippen molar-refractivity contribution in [3.05, 3.63) is 59.7 Å². The highest BCUT2D eigenvalue weighted by molar-refractivity contribution is 7.99. The zero-order valence-corrected chi connectivity index (χ0v) is 15.3. The summed E-state index contributed by atoms with van der Waals surface area (Å²) < 4.78 is 0. The van der Waals surface area contributed by atoms with Crippen LogP contribution >= 0.6 is 11.8 Å². The van der Waals surface area contributed by atoms with Gasteiger partial charge in [0.25, 0.3) is 0 Å². The Kier molecular flexibility index (Phi) is 5.43. The lowest BCUT2D eigenvalue weighted by atomic mass is 10.1. The Morgan fingerprint density at radius 3 is 2.68 bits per heavy atom. The highest BCUT2D eigenvalue weighted by Gasteiger charge is 2.22. The second-order valence-electron chi connectivity index (χ2n) is 6.19. The Morgan fingerprint density at radius 2 is 1.96 bits per heavy atom. The molecule has 0 radical (unpaired) electrons. The first-order valence-electron chi connectivity index (χ1n) is 8.42. The number of rotatable bonds is 5. The predicted molar refractivity (Wildman–Crippen MR) is 104 cm³/mol. The van der Waals surface area contributed by atoms with Crippen LogP contribution in [0.5, 0.6) is 0 Å². The molecule has 1 aliphatic rings. The Balaban J connectivity index is 1.58. The summed E-state index contributed by atoms with van der Waals surface area (Å²) >= 11 is 1.62. The Hall–Kier alpha value is -2.27. The van der Waals surface area contributed by atoms with Gasteiger partial charge in [-0.3, -0.25) is 9.59 Å². The SMILES string of the molecule is CC(=O)N1CCc2cc(NC(=O)[C@H](C)SCc3ccccc3)ccc21. The van der Waals surface area contributed by atoms with Crippen LogP contribution in [0.25, 0.3) is 0 Å². The van der Waals surface area contributed by atoms with Crippen molar-refractivity contribution in [2.24, 2.45) is 0 Å². The summed E-state index contributed by atoms with van der Waals surface area (Å²) in [6.07, 6.45) is 0.830. The number of amides is 2. The number of nitrogens with one attached hydrogen (secondary N) is 1. The average molecular weight is 354 g/mol. The largest absolute Gasteiger partial charge is 0.325 e. The molecule has 0 saturated heterocycles. The van der Waals surface area contributed by atoms with E-state index in [1.165, 1.54) is 5.56 Å². The highest BCUT2D eigenvalue weighted by Crippen LogP contribution is 2.30. The molecule has 25 heavy (non-hydrogen) atoms. The maximum atomic E-state index is 12.4. The van der Waals surface area contributed by atoms with Crippen molar-refractivity contribution in [1.29, 1.82) is 0 Å². The monoisotopic (exact) mass is 354 g/mol. The number of nitrogens with zero attached hydrogens (tertiary/aromatic N) is 1. The molecule has 5 heteroatoms. The zero-order valence-electron chi connectivity index (χ0n) is 14.5. The molecule has 0 aliphatic carbocycles. The van der Waals surface area contributed by atoms with E-state index in [2.05, 4.69) is 17.4 Å². The Labute approximate surface area is 152 Å². The van der Waals surface area contributed by atoms with E-state index in [-0.39, 0.29) is 17.1 Å². The number of carbonyl (C=O) groups excluding carboxylic acids is 2. The van der Waals surface area contributed by atoms with Gasteiger partial charge >= 0.3 is 0 Å². The van der Waals surface area contributed by atoms with Gasteiger partial charge in [-0.25, -0.2) is 0 Å². The summed E-state index contributed by atoms with van der Waals surface area (Å²) in [6.45, 7) is 4.22. The first-order valence-corrected chi connectivity index (χ1v) is 9.47. The minimum atomic E-state index is -0.137. The van der Waals surface area contributed by atoms with E-state index in [9.17, 15) is 9.59 Å². The van der Waals surface area contributed by atoms with E-state index >= 15 is 0 Å². The van der Waals surface area contributed by atoms with Gasteiger partial charge in [0, 0.05) is 30.6 Å². The molecule has 1 heterocycles. The van der Waals surface area contributed by atoms with Crippen molar-refractivity contribution < 1.29 is 9.59 Å². The molecule has 3 rings (SSSR count). The molecule has 2 aromatic rings. The summed E-state index contributed by atoms with van der Waals surface area (Å²) in [5.41, 5.74) is 4.07. The molecule has 2 aromatic carbocycles. The Bertz CT molecular complexity index is 777. The van der Waals surface area contributed by atoms with Gasteiger partial charge in [-0.1, -0.05) is 30.3 Å². The molecule has 0 bridgehead atoms. The van der Waals surface area contributed by atoms with Crippen molar-refractivity contribution in [3.63, 3.8) is 0 Å². The number of thioether (sulfide) groups is 1. The fourth-order valence-corrected chi connectivity index (χ4v) is 3.77. The molecule has 130 valence electrons. The standard InChI is InChI=1S/C20H22N2O2S/c1-14(25-13-16-6-4-3-5-7-16)20(24)21-18-8-9-19-17(12-18)10-11-22(19)15(2)23/h3-9,12,14H,10-11,13H2,1-2H3,(H,21,24)/t14-/m0/s1. The van der Waals surface area contributed by atoms with Gasteiger partial charge in [-0.05, 0) is 42.7 Å². The summed E-state index contributed by atoms with van der Waals surface area (Å²) in [5.74, 6) is 0.872. The van der Waals surface area contributed by atoms with Crippen LogP contribution in [0, 0.1) is 0 Å². The first-order chi connectivity index (χ1) is 12.0. The summed E-state index contributed by atoms with van der Waals surface area (Å²) in [4.78, 5) is 25.8. The van der Waals surface area contributed by atoms with Crippen LogP contribution in [-0.4, -0.2) is 23.6 Å². The normalized spacial score (nSPS) is 14.1. The zero-order chi connectivity index (χ0) is 17.8. The maximum Gasteiger partial charge on any atom is 0.237 e. The van der Waals surface area contributed by atoms with Crippen molar-refractivity contribution >= 4 is 35.0 Å². The number of hydrogen-bond acceptors (Lipinski definition) is 3. The molecule has 0 fully saturated rings. The van der Waals surface area contributed by atoms with Gasteiger partial charge in [0.15, 0.2) is 0 Å². The van der Waals surface area contributed by atoms with E-state index in [4.69, 9.17) is 0 Å². The quantitative estimate of drug-likeness (QED) is 0.887. The van der Waals surface area contributed by atoms with E-state index < -0.39 is 0 Å². The summed E-state index contributed by atoms with van der Waals surface area (Å²) in [5, 5.41) is 2.85. The van der Waals surface area contributed by atoms with Crippen LogP contribution in [0.1, 0.15) is 25.0 Å². The van der Waals surface area contributed by atoms with Crippen molar-refractivity contribution in [1.82, 2.24) is 0 Å². The van der Waals surface area contributed by atoms with Gasteiger partial charge in [0.2, 0.25) is 11.8 Å². The lowest BCUT2D eigenvalue weighted by Crippen LogP contribution is -2.25. The fourth-order valence-electron chi connectivity index (χ4n) is 2.92. The molecule has 0 spiro atoms. The van der Waals surface area contributed by atoms with E-state index in [0.717, 1.165) is 29.1 Å². The number of anilines is 2. The predicted octanol–water partition coefficient (Wildman–Crippen LogP) is 3.86. The lowest BCUT2D eigenvalue weighted by molar-refractivity contribution is -0.116. The second kappa shape index (κ2) is 7.74. The van der Waals surface area contributed by atoms with Crippen LogP contribution in [0.3, 0.4) is 0 Å². The van der Waals surface area contributed by atoms with Crippen molar-refractivity contribution in [3.8, 4) is 0 Å². The maximum absolute atomic E-state index is 12.4.